The lowest BCUT2D eigenvalue weighted by molar-refractivity contribution is -0.140. The maximum absolute atomic E-state index is 13.8. The summed E-state index contributed by atoms with van der Waals surface area (Å²) >= 11 is 11.5. The molecule has 1 saturated carbocycles. The van der Waals surface area contributed by atoms with Crippen LogP contribution in [0, 0.1) is 0 Å². The van der Waals surface area contributed by atoms with Gasteiger partial charge in [-0.1, -0.05) is 41.4 Å². The number of allylic oxidation sites excluding steroid dienone is 1. The van der Waals surface area contributed by atoms with Crippen LogP contribution in [0.2, 0.25) is 10.0 Å². The Balaban J connectivity index is 1.89. The van der Waals surface area contributed by atoms with Crippen molar-refractivity contribution in [2.24, 2.45) is 0 Å². The summed E-state index contributed by atoms with van der Waals surface area (Å²) in [6.45, 7) is -1.70. The van der Waals surface area contributed by atoms with Crippen LogP contribution in [0.25, 0.3) is 6.08 Å². The number of hydrogen-bond acceptors (Lipinski definition) is 2. The fraction of sp³-hybridized carbons (Fsp3) is 0.333. The number of carbonyl (C=O) groups is 2. The molecule has 212 valence electrons. The Morgan fingerprint density at radius 1 is 0.923 bits per heavy atom. The first-order valence-corrected chi connectivity index (χ1v) is 11.7. The third kappa shape index (κ3) is 8.04. The maximum atomic E-state index is 13.8. The highest BCUT2D eigenvalue weighted by atomic mass is 35.5. The van der Waals surface area contributed by atoms with Gasteiger partial charge in [-0.2, -0.15) is 39.5 Å². The molecule has 4 nitrogen and oxygen atoms in total. The van der Waals surface area contributed by atoms with Crippen LogP contribution in [0.4, 0.5) is 39.5 Å². The second-order valence-electron chi connectivity index (χ2n) is 8.72. The van der Waals surface area contributed by atoms with Gasteiger partial charge in [-0.05, 0) is 54.3 Å². The van der Waals surface area contributed by atoms with Gasteiger partial charge in [0.2, 0.25) is 5.91 Å². The standard InChI is InChI=1S/C24H17Cl2F9N2O2/c25-14-8-13(9-15(26)10-14)17(23(30,31)32)4-2-12-1-3-16(18(7-12)24(33,34)35)19(38)37-21(5-6-21)20(39)36-11-22(27,28)29/h1-4,7-10,17H,5-6,11H2,(H,36,39)(H,37,38). The quantitative estimate of drug-likeness (QED) is 0.325. The Labute approximate surface area is 225 Å². The molecular weight excluding hydrogens is 590 g/mol. The van der Waals surface area contributed by atoms with Gasteiger partial charge in [0.25, 0.3) is 5.91 Å². The van der Waals surface area contributed by atoms with Crippen molar-refractivity contribution in [2.45, 2.75) is 42.8 Å². The van der Waals surface area contributed by atoms with E-state index in [1.54, 1.807) is 5.32 Å². The first-order valence-electron chi connectivity index (χ1n) is 10.9. The lowest BCUT2D eigenvalue weighted by Gasteiger charge is -2.20. The van der Waals surface area contributed by atoms with Gasteiger partial charge in [0, 0.05) is 10.0 Å². The minimum absolute atomic E-state index is 0.0876. The summed E-state index contributed by atoms with van der Waals surface area (Å²) in [7, 11) is 0. The molecule has 1 unspecified atom stereocenters. The molecule has 1 atom stereocenters. The van der Waals surface area contributed by atoms with Crippen LogP contribution >= 0.6 is 23.2 Å². The van der Waals surface area contributed by atoms with Gasteiger partial charge in [-0.25, -0.2) is 0 Å². The smallest absolute Gasteiger partial charge is 0.345 e. The number of hydrogen-bond donors (Lipinski definition) is 2. The highest BCUT2D eigenvalue weighted by molar-refractivity contribution is 6.34. The monoisotopic (exact) mass is 606 g/mol. The molecule has 2 N–H and O–H groups in total. The molecule has 2 amide bonds. The number of carbonyl (C=O) groups excluding carboxylic acids is 2. The van der Waals surface area contributed by atoms with Crippen LogP contribution < -0.4 is 10.6 Å². The summed E-state index contributed by atoms with van der Waals surface area (Å²) < 4.78 is 120. The highest BCUT2D eigenvalue weighted by Crippen LogP contribution is 2.40. The molecule has 0 heterocycles. The Hall–Kier alpha value is -2.93. The van der Waals surface area contributed by atoms with Gasteiger partial charge >= 0.3 is 18.5 Å². The van der Waals surface area contributed by atoms with Crippen LogP contribution in [-0.2, 0) is 11.0 Å². The lowest BCUT2D eigenvalue weighted by Crippen LogP contribution is -2.51. The normalized spacial score (nSPS) is 16.2. The van der Waals surface area contributed by atoms with Crippen LogP contribution in [-0.4, -0.2) is 36.3 Å². The molecule has 2 aromatic carbocycles. The van der Waals surface area contributed by atoms with Gasteiger partial charge in [0.05, 0.1) is 17.0 Å². The average molecular weight is 607 g/mol. The molecule has 1 fully saturated rings. The molecular formula is C24H17Cl2F9N2O2. The van der Waals surface area contributed by atoms with E-state index in [9.17, 15) is 49.1 Å². The minimum atomic E-state index is -5.14. The van der Waals surface area contributed by atoms with Gasteiger partial charge in [-0.15, -0.1) is 0 Å². The number of halogens is 11. The third-order valence-electron chi connectivity index (χ3n) is 5.66. The minimum Gasteiger partial charge on any atom is -0.345 e. The van der Waals surface area contributed by atoms with Crippen molar-refractivity contribution in [3.05, 3.63) is 74.8 Å². The summed E-state index contributed by atoms with van der Waals surface area (Å²) in [5.41, 5.74) is -5.00. The molecule has 0 aromatic heterocycles. The Kier molecular flexibility index (Phi) is 8.57. The van der Waals surface area contributed by atoms with E-state index in [0.717, 1.165) is 24.3 Å². The van der Waals surface area contributed by atoms with Gasteiger partial charge < -0.3 is 10.6 Å². The predicted octanol–water partition coefficient (Wildman–Crippen LogP) is 7.31. The van der Waals surface area contributed by atoms with Crippen molar-refractivity contribution in [1.82, 2.24) is 10.6 Å². The number of alkyl halides is 9. The van der Waals surface area contributed by atoms with Crippen LogP contribution in [0.1, 0.15) is 45.8 Å². The fourth-order valence-corrected chi connectivity index (χ4v) is 4.18. The zero-order valence-electron chi connectivity index (χ0n) is 19.3. The summed E-state index contributed by atoms with van der Waals surface area (Å²) in [5, 5.41) is 3.45. The molecule has 0 aliphatic heterocycles. The van der Waals surface area contributed by atoms with Crippen molar-refractivity contribution in [1.29, 1.82) is 0 Å². The summed E-state index contributed by atoms with van der Waals surface area (Å²) in [4.78, 5) is 24.7. The highest BCUT2D eigenvalue weighted by Gasteiger charge is 2.52. The van der Waals surface area contributed by atoms with Crippen molar-refractivity contribution < 1.29 is 49.1 Å². The second kappa shape index (κ2) is 10.9. The zero-order chi connectivity index (χ0) is 29.4. The van der Waals surface area contributed by atoms with E-state index < -0.39 is 59.5 Å². The second-order valence-corrected chi connectivity index (χ2v) is 9.59. The Morgan fingerprint density at radius 2 is 1.51 bits per heavy atom. The molecule has 3 rings (SSSR count). The average Bonchev–Trinajstić information content (AvgIpc) is 3.55. The molecule has 0 saturated heterocycles. The van der Waals surface area contributed by atoms with E-state index >= 15 is 0 Å². The maximum Gasteiger partial charge on any atom is 0.417 e. The number of benzene rings is 2. The first-order chi connectivity index (χ1) is 17.8. The van der Waals surface area contributed by atoms with E-state index in [2.05, 4.69) is 0 Å². The third-order valence-corrected chi connectivity index (χ3v) is 6.09. The predicted molar refractivity (Wildman–Crippen MR) is 124 cm³/mol. The molecule has 15 heteroatoms. The van der Waals surface area contributed by atoms with Crippen molar-refractivity contribution in [3.63, 3.8) is 0 Å². The first kappa shape index (κ1) is 30.6. The van der Waals surface area contributed by atoms with Crippen molar-refractivity contribution in [2.75, 3.05) is 6.54 Å². The topological polar surface area (TPSA) is 58.2 Å². The van der Waals surface area contributed by atoms with Crippen LogP contribution in [0.3, 0.4) is 0 Å². The van der Waals surface area contributed by atoms with E-state index in [1.165, 1.54) is 6.07 Å². The fourth-order valence-electron chi connectivity index (χ4n) is 3.64. The lowest BCUT2D eigenvalue weighted by atomic mass is 9.96. The van der Waals surface area contributed by atoms with Crippen LogP contribution in [0.15, 0.2) is 42.5 Å². The van der Waals surface area contributed by atoms with E-state index in [0.29, 0.717) is 18.2 Å². The van der Waals surface area contributed by atoms with Gasteiger partial charge in [0.1, 0.15) is 12.1 Å². The zero-order valence-corrected chi connectivity index (χ0v) is 20.8. The number of amides is 2. The van der Waals surface area contributed by atoms with Crippen LogP contribution in [0.5, 0.6) is 0 Å². The molecule has 1 aliphatic rings. The van der Waals surface area contributed by atoms with Gasteiger partial charge in [-0.3, -0.25) is 9.59 Å². The Bertz CT molecular complexity index is 1260. The van der Waals surface area contributed by atoms with Crippen molar-refractivity contribution >= 4 is 41.1 Å². The molecule has 2 aromatic rings. The van der Waals surface area contributed by atoms with E-state index in [4.69, 9.17) is 23.2 Å². The summed E-state index contributed by atoms with van der Waals surface area (Å²) in [6, 6.07) is 5.29. The van der Waals surface area contributed by atoms with Crippen molar-refractivity contribution in [3.8, 4) is 0 Å². The number of nitrogens with one attached hydrogen (secondary N) is 2. The molecule has 39 heavy (non-hydrogen) atoms. The van der Waals surface area contributed by atoms with E-state index in [1.807, 2.05) is 5.32 Å². The largest absolute Gasteiger partial charge is 0.417 e. The molecule has 0 radical (unpaired) electrons. The number of rotatable bonds is 7. The molecule has 1 aliphatic carbocycles. The van der Waals surface area contributed by atoms with Gasteiger partial charge in [0.15, 0.2) is 0 Å². The van der Waals surface area contributed by atoms with E-state index in [-0.39, 0.29) is 34.0 Å². The summed E-state index contributed by atoms with van der Waals surface area (Å²) in [5.74, 6) is -4.88. The molecule has 0 spiro atoms. The summed E-state index contributed by atoms with van der Waals surface area (Å²) in [6.07, 6.45) is -13.6. The SMILES string of the molecule is O=C(NC1(C(=O)NCC(F)(F)F)CC1)c1ccc(C=CC(c2cc(Cl)cc(Cl)c2)C(F)(F)F)cc1C(F)(F)F. The Morgan fingerprint density at radius 3 is 2.00 bits per heavy atom. The molecule has 0 bridgehead atoms.